The Morgan fingerprint density at radius 1 is 1.22 bits per heavy atom. The van der Waals surface area contributed by atoms with E-state index in [4.69, 9.17) is 4.99 Å². The van der Waals surface area contributed by atoms with Gasteiger partial charge in [0.15, 0.2) is 5.96 Å². The Labute approximate surface area is 138 Å². The van der Waals surface area contributed by atoms with E-state index >= 15 is 0 Å². The lowest BCUT2D eigenvalue weighted by Crippen LogP contribution is -2.39. The van der Waals surface area contributed by atoms with Crippen LogP contribution in [0.1, 0.15) is 31.2 Å². The Kier molecular flexibility index (Phi) is 5.29. The number of rotatable bonds is 5. The first-order valence-corrected chi connectivity index (χ1v) is 8.44. The van der Waals surface area contributed by atoms with Crippen molar-refractivity contribution in [2.75, 3.05) is 19.6 Å². The quantitative estimate of drug-likeness (QED) is 0.681. The number of hydrogen-bond donors (Lipinski definition) is 1. The molecule has 1 N–H and O–H groups in total. The van der Waals surface area contributed by atoms with Gasteiger partial charge in [-0.2, -0.15) is 0 Å². The van der Waals surface area contributed by atoms with Gasteiger partial charge in [0.05, 0.1) is 0 Å². The van der Waals surface area contributed by atoms with Crippen molar-refractivity contribution < 1.29 is 0 Å². The summed E-state index contributed by atoms with van der Waals surface area (Å²) < 4.78 is 2.17. The Balaban J connectivity index is 1.69. The minimum Gasteiger partial charge on any atom is -0.357 e. The number of benzene rings is 1. The average Bonchev–Trinajstić information content (AvgIpc) is 3.24. The van der Waals surface area contributed by atoms with E-state index in [9.17, 15) is 0 Å². The average molecular weight is 311 g/mol. The first-order valence-electron chi connectivity index (χ1n) is 8.44. The molecule has 1 fully saturated rings. The molecule has 0 unspecified atom stereocenters. The standard InChI is InChI=1S/C18H25N5/c1-2-19-18(22-11-6-7-12-22)21-14-17-20-10-13-23(17)15-16-8-4-3-5-9-16/h3-5,8-10,13H,2,6-7,11-12,14-15H2,1H3,(H,19,21). The molecule has 23 heavy (non-hydrogen) atoms. The number of aromatic nitrogens is 2. The number of likely N-dealkylation sites (tertiary alicyclic amines) is 1. The molecule has 0 atom stereocenters. The summed E-state index contributed by atoms with van der Waals surface area (Å²) in [7, 11) is 0. The van der Waals surface area contributed by atoms with Crippen LogP contribution in [0, 0.1) is 0 Å². The van der Waals surface area contributed by atoms with E-state index in [1.165, 1.54) is 18.4 Å². The Morgan fingerprint density at radius 3 is 2.74 bits per heavy atom. The monoisotopic (exact) mass is 311 g/mol. The van der Waals surface area contributed by atoms with Gasteiger partial charge in [0.2, 0.25) is 0 Å². The zero-order valence-corrected chi connectivity index (χ0v) is 13.8. The third-order valence-electron chi connectivity index (χ3n) is 4.11. The van der Waals surface area contributed by atoms with Crippen molar-refractivity contribution in [2.45, 2.75) is 32.9 Å². The van der Waals surface area contributed by atoms with Crippen LogP contribution in [0.2, 0.25) is 0 Å². The van der Waals surface area contributed by atoms with Gasteiger partial charge in [-0.15, -0.1) is 0 Å². The van der Waals surface area contributed by atoms with Crippen molar-refractivity contribution in [2.24, 2.45) is 4.99 Å². The fraction of sp³-hybridized carbons (Fsp3) is 0.444. The van der Waals surface area contributed by atoms with Crippen LogP contribution in [0.3, 0.4) is 0 Å². The topological polar surface area (TPSA) is 45.5 Å². The van der Waals surface area contributed by atoms with Crippen LogP contribution < -0.4 is 5.32 Å². The Hall–Kier alpha value is -2.30. The minimum atomic E-state index is 0.610. The smallest absolute Gasteiger partial charge is 0.194 e. The van der Waals surface area contributed by atoms with E-state index in [0.717, 1.165) is 38.0 Å². The molecule has 1 saturated heterocycles. The highest BCUT2D eigenvalue weighted by molar-refractivity contribution is 5.80. The van der Waals surface area contributed by atoms with Crippen molar-refractivity contribution in [3.8, 4) is 0 Å². The molecule has 1 aromatic carbocycles. The van der Waals surface area contributed by atoms with Gasteiger partial charge in [-0.05, 0) is 25.3 Å². The first-order chi connectivity index (χ1) is 11.4. The van der Waals surface area contributed by atoms with Crippen LogP contribution in [0.4, 0.5) is 0 Å². The molecule has 0 amide bonds. The maximum Gasteiger partial charge on any atom is 0.194 e. The van der Waals surface area contributed by atoms with Crippen molar-refractivity contribution in [3.63, 3.8) is 0 Å². The third kappa shape index (κ3) is 4.12. The first kappa shape index (κ1) is 15.6. The second-order valence-corrected chi connectivity index (χ2v) is 5.82. The van der Waals surface area contributed by atoms with Crippen LogP contribution in [-0.4, -0.2) is 40.0 Å². The zero-order valence-electron chi connectivity index (χ0n) is 13.8. The largest absolute Gasteiger partial charge is 0.357 e. The SMILES string of the molecule is CCNC(=NCc1nccn1Cc1ccccc1)N1CCCC1. The lowest BCUT2D eigenvalue weighted by molar-refractivity contribution is 0.492. The molecule has 0 bridgehead atoms. The molecule has 1 aliphatic rings. The second-order valence-electron chi connectivity index (χ2n) is 5.82. The fourth-order valence-electron chi connectivity index (χ4n) is 2.92. The summed E-state index contributed by atoms with van der Waals surface area (Å²) in [5.74, 6) is 2.02. The van der Waals surface area contributed by atoms with Crippen LogP contribution in [0.15, 0.2) is 47.7 Å². The normalized spacial score (nSPS) is 15.2. The highest BCUT2D eigenvalue weighted by Crippen LogP contribution is 2.10. The van der Waals surface area contributed by atoms with E-state index in [1.54, 1.807) is 0 Å². The summed E-state index contributed by atoms with van der Waals surface area (Å²) in [6.07, 6.45) is 6.40. The van der Waals surface area contributed by atoms with Crippen LogP contribution >= 0.6 is 0 Å². The summed E-state index contributed by atoms with van der Waals surface area (Å²) in [6.45, 7) is 6.66. The second kappa shape index (κ2) is 7.81. The number of nitrogens with zero attached hydrogens (tertiary/aromatic N) is 4. The highest BCUT2D eigenvalue weighted by Gasteiger charge is 2.15. The molecule has 3 rings (SSSR count). The molecule has 2 heterocycles. The van der Waals surface area contributed by atoms with Crippen LogP contribution in [-0.2, 0) is 13.1 Å². The Bertz CT molecular complexity index is 626. The van der Waals surface area contributed by atoms with Crippen molar-refractivity contribution in [1.29, 1.82) is 0 Å². The molecule has 0 spiro atoms. The van der Waals surface area contributed by atoms with Crippen LogP contribution in [0.25, 0.3) is 0 Å². The van der Waals surface area contributed by atoms with Crippen LogP contribution in [0.5, 0.6) is 0 Å². The number of nitrogens with one attached hydrogen (secondary N) is 1. The number of imidazole rings is 1. The van der Waals surface area contributed by atoms with Gasteiger partial charge in [-0.25, -0.2) is 9.98 Å². The maximum atomic E-state index is 4.79. The van der Waals surface area contributed by atoms with Gasteiger partial charge in [-0.3, -0.25) is 0 Å². The highest BCUT2D eigenvalue weighted by atomic mass is 15.3. The molecule has 1 aliphatic heterocycles. The number of aliphatic imine (C=N–C) groups is 1. The minimum absolute atomic E-state index is 0.610. The lowest BCUT2D eigenvalue weighted by Gasteiger charge is -2.20. The fourth-order valence-corrected chi connectivity index (χ4v) is 2.92. The van der Waals surface area contributed by atoms with Gasteiger partial charge in [0, 0.05) is 38.6 Å². The molecular formula is C18H25N5. The van der Waals surface area contributed by atoms with E-state index in [-0.39, 0.29) is 0 Å². The van der Waals surface area contributed by atoms with Gasteiger partial charge in [0.25, 0.3) is 0 Å². The molecule has 0 aliphatic carbocycles. The summed E-state index contributed by atoms with van der Waals surface area (Å²) >= 11 is 0. The predicted molar refractivity (Wildman–Crippen MR) is 93.4 cm³/mol. The van der Waals surface area contributed by atoms with E-state index in [0.29, 0.717) is 6.54 Å². The van der Waals surface area contributed by atoms with E-state index in [2.05, 4.69) is 51.0 Å². The number of guanidine groups is 1. The predicted octanol–water partition coefficient (Wildman–Crippen LogP) is 2.49. The third-order valence-corrected chi connectivity index (χ3v) is 4.11. The summed E-state index contributed by atoms with van der Waals surface area (Å²) in [5, 5.41) is 3.40. The molecule has 0 saturated carbocycles. The number of hydrogen-bond acceptors (Lipinski definition) is 2. The molecule has 2 aromatic rings. The van der Waals surface area contributed by atoms with E-state index in [1.807, 2.05) is 18.5 Å². The van der Waals surface area contributed by atoms with Crippen molar-refractivity contribution in [3.05, 3.63) is 54.1 Å². The molecule has 1 aromatic heterocycles. The van der Waals surface area contributed by atoms with E-state index < -0.39 is 0 Å². The Morgan fingerprint density at radius 2 is 2.00 bits per heavy atom. The van der Waals surface area contributed by atoms with Gasteiger partial charge in [0.1, 0.15) is 12.4 Å². The molecular weight excluding hydrogens is 286 g/mol. The summed E-state index contributed by atoms with van der Waals surface area (Å²) in [4.78, 5) is 11.6. The molecule has 0 radical (unpaired) electrons. The summed E-state index contributed by atoms with van der Waals surface area (Å²) in [5.41, 5.74) is 1.28. The zero-order chi connectivity index (χ0) is 15.9. The van der Waals surface area contributed by atoms with Gasteiger partial charge >= 0.3 is 0 Å². The molecule has 5 heteroatoms. The molecule has 5 nitrogen and oxygen atoms in total. The summed E-state index contributed by atoms with van der Waals surface area (Å²) in [6, 6.07) is 10.5. The maximum absolute atomic E-state index is 4.79. The van der Waals surface area contributed by atoms with Gasteiger partial charge < -0.3 is 14.8 Å². The van der Waals surface area contributed by atoms with Crippen molar-refractivity contribution in [1.82, 2.24) is 19.8 Å². The lowest BCUT2D eigenvalue weighted by atomic mass is 10.2. The van der Waals surface area contributed by atoms with Gasteiger partial charge in [-0.1, -0.05) is 30.3 Å². The molecule has 122 valence electrons. The van der Waals surface area contributed by atoms with Crippen molar-refractivity contribution >= 4 is 5.96 Å².